The molecule has 1 aromatic carbocycles. The van der Waals surface area contributed by atoms with E-state index >= 15 is 0 Å². The van der Waals surface area contributed by atoms with Gasteiger partial charge in [-0.3, -0.25) is 9.69 Å². The summed E-state index contributed by atoms with van der Waals surface area (Å²) in [5, 5.41) is 3.06. The van der Waals surface area contributed by atoms with Crippen LogP contribution in [0.3, 0.4) is 0 Å². The highest BCUT2D eigenvalue weighted by Gasteiger charge is 2.37. The predicted molar refractivity (Wildman–Crippen MR) is 116 cm³/mol. The van der Waals surface area contributed by atoms with Crippen molar-refractivity contribution in [3.8, 4) is 0 Å². The third-order valence-corrected chi connectivity index (χ3v) is 11.3. The maximum Gasteiger partial charge on any atom is 0.414 e. The maximum absolute atomic E-state index is 12.3. The molecule has 1 saturated heterocycles. The minimum atomic E-state index is -1.74. The number of hydrogen-bond donors (Lipinski definition) is 1. The molecule has 0 saturated carbocycles. The highest BCUT2D eigenvalue weighted by atomic mass is 32.2. The average Bonchev–Trinajstić information content (AvgIpc) is 2.98. The van der Waals surface area contributed by atoms with Crippen LogP contribution >= 0.6 is 11.8 Å². The summed E-state index contributed by atoms with van der Waals surface area (Å²) in [6.07, 6.45) is 1.20. The number of nitrogens with zero attached hydrogens (tertiary/aromatic N) is 1. The standard InChI is InChI=1S/C20H30N2O4SSi/c1-20(2,3)28(4,5)25-10-6-7-15-12-22(19(24)26-15)14-8-9-17-16(11-14)21-18(23)13-27-17/h8-9,11,15H,6-7,10,12-13H2,1-5H3,(H,21,23). The minimum Gasteiger partial charge on any atom is -0.444 e. The molecule has 28 heavy (non-hydrogen) atoms. The number of carbonyl (C=O) groups is 2. The molecule has 2 amide bonds. The number of amides is 2. The van der Waals surface area contributed by atoms with Crippen LogP contribution in [0, 0.1) is 0 Å². The lowest BCUT2D eigenvalue weighted by molar-refractivity contribution is -0.113. The van der Waals surface area contributed by atoms with E-state index in [0.717, 1.165) is 29.1 Å². The number of cyclic esters (lactones) is 1. The van der Waals surface area contributed by atoms with E-state index in [1.807, 2.05) is 18.2 Å². The second-order valence-corrected chi connectivity index (χ2v) is 14.7. The third kappa shape index (κ3) is 4.72. The molecule has 3 rings (SSSR count). The van der Waals surface area contributed by atoms with Crippen LogP contribution in [0.2, 0.25) is 18.1 Å². The quantitative estimate of drug-likeness (QED) is 0.524. The van der Waals surface area contributed by atoms with Gasteiger partial charge in [0.05, 0.1) is 18.0 Å². The van der Waals surface area contributed by atoms with Crippen LogP contribution < -0.4 is 10.2 Å². The molecular formula is C20H30N2O4SSi. The molecule has 1 atom stereocenters. The number of benzene rings is 1. The van der Waals surface area contributed by atoms with Crippen LogP contribution in [0.1, 0.15) is 33.6 Å². The first-order valence-electron chi connectivity index (χ1n) is 9.76. The fraction of sp³-hybridized carbons (Fsp3) is 0.600. The molecule has 0 aromatic heterocycles. The fourth-order valence-corrected chi connectivity index (χ4v) is 4.85. The molecule has 2 aliphatic rings. The van der Waals surface area contributed by atoms with Gasteiger partial charge in [0, 0.05) is 17.2 Å². The van der Waals surface area contributed by atoms with Gasteiger partial charge in [0.1, 0.15) is 6.10 Å². The first kappa shape index (κ1) is 21.2. The Hall–Kier alpha value is -1.51. The van der Waals surface area contributed by atoms with E-state index in [9.17, 15) is 9.59 Å². The van der Waals surface area contributed by atoms with E-state index in [0.29, 0.717) is 18.9 Å². The second-order valence-electron chi connectivity index (χ2n) is 8.88. The van der Waals surface area contributed by atoms with Crippen molar-refractivity contribution in [2.75, 3.05) is 29.1 Å². The Morgan fingerprint density at radius 2 is 2.07 bits per heavy atom. The van der Waals surface area contributed by atoms with E-state index < -0.39 is 8.32 Å². The average molecular weight is 423 g/mol. The van der Waals surface area contributed by atoms with Gasteiger partial charge in [-0.25, -0.2) is 4.79 Å². The molecule has 2 aliphatic heterocycles. The Bertz CT molecular complexity index is 763. The van der Waals surface area contributed by atoms with E-state index in [1.54, 1.807) is 4.90 Å². The van der Waals surface area contributed by atoms with Crippen molar-refractivity contribution in [1.29, 1.82) is 0 Å². The molecule has 154 valence electrons. The van der Waals surface area contributed by atoms with E-state index in [2.05, 4.69) is 39.2 Å². The van der Waals surface area contributed by atoms with Crippen molar-refractivity contribution in [3.63, 3.8) is 0 Å². The third-order valence-electron chi connectivity index (χ3n) is 5.72. The highest BCUT2D eigenvalue weighted by Crippen LogP contribution is 2.37. The van der Waals surface area contributed by atoms with Crippen LogP contribution in [-0.2, 0) is 14.0 Å². The molecule has 8 heteroatoms. The zero-order valence-corrected chi connectivity index (χ0v) is 19.1. The summed E-state index contributed by atoms with van der Waals surface area (Å²) in [7, 11) is -1.74. The molecule has 0 spiro atoms. The van der Waals surface area contributed by atoms with Gasteiger partial charge in [-0.1, -0.05) is 20.8 Å². The molecule has 6 nitrogen and oxygen atoms in total. The Kier molecular flexibility index (Phi) is 6.12. The molecule has 0 radical (unpaired) electrons. The van der Waals surface area contributed by atoms with Crippen molar-refractivity contribution in [3.05, 3.63) is 18.2 Å². The van der Waals surface area contributed by atoms with Gasteiger partial charge in [-0.15, -0.1) is 11.8 Å². The molecule has 1 unspecified atom stereocenters. The number of carbonyl (C=O) groups excluding carboxylic acids is 2. The minimum absolute atomic E-state index is 0.0155. The van der Waals surface area contributed by atoms with Gasteiger partial charge in [0.25, 0.3) is 0 Å². The summed E-state index contributed by atoms with van der Waals surface area (Å²) in [6.45, 7) is 12.4. The van der Waals surface area contributed by atoms with Crippen molar-refractivity contribution in [1.82, 2.24) is 0 Å². The SMILES string of the molecule is CC(C)(C)[Si](C)(C)OCCCC1CN(c2ccc3c(c2)NC(=O)CS3)C(=O)O1. The maximum atomic E-state index is 12.3. The topological polar surface area (TPSA) is 67.9 Å². The number of fused-ring (bicyclic) bond motifs is 1. The van der Waals surface area contributed by atoms with Crippen LogP contribution in [-0.4, -0.2) is 45.3 Å². The molecule has 0 bridgehead atoms. The summed E-state index contributed by atoms with van der Waals surface area (Å²) in [4.78, 5) is 26.6. The normalized spacial score (nSPS) is 20.0. The van der Waals surface area contributed by atoms with E-state index in [-0.39, 0.29) is 23.1 Å². The van der Waals surface area contributed by atoms with Gasteiger partial charge in [-0.2, -0.15) is 0 Å². The van der Waals surface area contributed by atoms with Crippen LogP contribution in [0.25, 0.3) is 0 Å². The van der Waals surface area contributed by atoms with Crippen molar-refractivity contribution in [2.45, 2.75) is 62.7 Å². The monoisotopic (exact) mass is 422 g/mol. The van der Waals surface area contributed by atoms with Gasteiger partial charge in [0.15, 0.2) is 8.32 Å². The fourth-order valence-electron chi connectivity index (χ4n) is 2.98. The van der Waals surface area contributed by atoms with Gasteiger partial charge >= 0.3 is 6.09 Å². The Morgan fingerprint density at radius 1 is 1.32 bits per heavy atom. The predicted octanol–water partition coefficient (Wildman–Crippen LogP) is 4.86. The van der Waals surface area contributed by atoms with Crippen LogP contribution in [0.5, 0.6) is 0 Å². The zero-order valence-electron chi connectivity index (χ0n) is 17.3. The van der Waals surface area contributed by atoms with E-state index in [1.165, 1.54) is 11.8 Å². The number of hydrogen-bond acceptors (Lipinski definition) is 5. The van der Waals surface area contributed by atoms with Gasteiger partial charge in [-0.05, 0) is 49.2 Å². The van der Waals surface area contributed by atoms with Crippen LogP contribution in [0.15, 0.2) is 23.1 Å². The Morgan fingerprint density at radius 3 is 2.79 bits per heavy atom. The second kappa shape index (κ2) is 8.08. The van der Waals surface area contributed by atoms with Crippen LogP contribution in [0.4, 0.5) is 16.2 Å². The Labute approximate surface area is 172 Å². The lowest BCUT2D eigenvalue weighted by Gasteiger charge is -2.36. The number of anilines is 2. The van der Waals surface area contributed by atoms with Crippen molar-refractivity contribution < 1.29 is 18.8 Å². The molecule has 2 heterocycles. The summed E-state index contributed by atoms with van der Waals surface area (Å²) in [6, 6.07) is 5.71. The molecule has 1 N–H and O–H groups in total. The lowest BCUT2D eigenvalue weighted by Crippen LogP contribution is -2.41. The Balaban J connectivity index is 1.53. The number of ether oxygens (including phenoxy) is 1. The zero-order chi connectivity index (χ0) is 20.5. The molecular weight excluding hydrogens is 392 g/mol. The van der Waals surface area contributed by atoms with E-state index in [4.69, 9.17) is 9.16 Å². The summed E-state index contributed by atoms with van der Waals surface area (Å²) in [5.74, 6) is 0.412. The van der Waals surface area contributed by atoms with Crippen molar-refractivity contribution >= 4 is 43.5 Å². The van der Waals surface area contributed by atoms with Gasteiger partial charge < -0.3 is 14.5 Å². The summed E-state index contributed by atoms with van der Waals surface area (Å²) < 4.78 is 11.7. The summed E-state index contributed by atoms with van der Waals surface area (Å²) >= 11 is 1.51. The number of thioether (sulfide) groups is 1. The lowest BCUT2D eigenvalue weighted by atomic mass is 10.2. The smallest absolute Gasteiger partial charge is 0.414 e. The molecule has 1 fully saturated rings. The first-order valence-corrected chi connectivity index (χ1v) is 13.6. The number of rotatable bonds is 6. The first-order chi connectivity index (χ1) is 13.1. The van der Waals surface area contributed by atoms with Crippen molar-refractivity contribution in [2.24, 2.45) is 0 Å². The number of nitrogens with one attached hydrogen (secondary N) is 1. The molecule has 0 aliphatic carbocycles. The molecule has 1 aromatic rings. The highest BCUT2D eigenvalue weighted by molar-refractivity contribution is 8.00. The largest absolute Gasteiger partial charge is 0.444 e. The van der Waals surface area contributed by atoms with Gasteiger partial charge in [0.2, 0.25) is 5.91 Å². The summed E-state index contributed by atoms with van der Waals surface area (Å²) in [5.41, 5.74) is 1.52.